The molecule has 2 nitrogen and oxygen atoms in total. The number of thiocarbonyl (C=S) groups is 1. The van der Waals surface area contributed by atoms with Crippen LogP contribution in [0, 0.1) is 11.8 Å². The van der Waals surface area contributed by atoms with Gasteiger partial charge in [0.1, 0.15) is 0 Å². The third-order valence-corrected chi connectivity index (χ3v) is 4.95. The number of rotatable bonds is 2. The molecule has 0 heterocycles. The Morgan fingerprint density at radius 3 is 2.35 bits per heavy atom. The molecule has 2 N–H and O–H groups in total. The summed E-state index contributed by atoms with van der Waals surface area (Å²) in [6, 6.07) is 1.21. The molecule has 2 saturated carbocycles. The van der Waals surface area contributed by atoms with Crippen LogP contribution in [-0.2, 0) is 0 Å². The SMILES string of the molecule is CC1CCCC(NC(=S)NC2CCCC2)C1C. The summed E-state index contributed by atoms with van der Waals surface area (Å²) in [6.45, 7) is 4.73. The molecule has 3 atom stereocenters. The van der Waals surface area contributed by atoms with Crippen LogP contribution in [0.2, 0.25) is 0 Å². The molecule has 3 heteroatoms. The summed E-state index contributed by atoms with van der Waals surface area (Å²) < 4.78 is 0. The fraction of sp³-hybridized carbons (Fsp3) is 0.929. The first kappa shape index (κ1) is 13.1. The normalized spacial score (nSPS) is 34.6. The summed E-state index contributed by atoms with van der Waals surface area (Å²) in [7, 11) is 0. The Bertz CT molecular complexity index is 261. The molecule has 0 aromatic rings. The van der Waals surface area contributed by atoms with Crippen LogP contribution in [0.4, 0.5) is 0 Å². The summed E-state index contributed by atoms with van der Waals surface area (Å²) in [4.78, 5) is 0. The maximum atomic E-state index is 5.44. The van der Waals surface area contributed by atoms with E-state index < -0.39 is 0 Å². The predicted molar refractivity (Wildman–Crippen MR) is 77.1 cm³/mol. The summed E-state index contributed by atoms with van der Waals surface area (Å²) in [5.41, 5.74) is 0. The molecule has 0 amide bonds. The van der Waals surface area contributed by atoms with Crippen LogP contribution < -0.4 is 10.6 Å². The van der Waals surface area contributed by atoms with Gasteiger partial charge in [0.05, 0.1) is 0 Å². The van der Waals surface area contributed by atoms with Crippen molar-refractivity contribution < 1.29 is 0 Å². The largest absolute Gasteiger partial charge is 0.360 e. The van der Waals surface area contributed by atoms with Crippen molar-refractivity contribution in [3.8, 4) is 0 Å². The standard InChI is InChI=1S/C14H26N2S/c1-10-6-5-9-13(11(10)2)16-14(17)15-12-7-3-4-8-12/h10-13H,3-9H2,1-2H3,(H2,15,16,17). The van der Waals surface area contributed by atoms with Gasteiger partial charge in [0.2, 0.25) is 0 Å². The Hall–Kier alpha value is -0.310. The first-order chi connectivity index (χ1) is 8.16. The topological polar surface area (TPSA) is 24.1 Å². The van der Waals surface area contributed by atoms with Gasteiger partial charge in [-0.1, -0.05) is 39.5 Å². The highest BCUT2D eigenvalue weighted by molar-refractivity contribution is 7.80. The summed E-state index contributed by atoms with van der Waals surface area (Å²) in [5.74, 6) is 1.57. The molecule has 2 rings (SSSR count). The number of hydrogen-bond donors (Lipinski definition) is 2. The zero-order chi connectivity index (χ0) is 12.3. The van der Waals surface area contributed by atoms with Crippen molar-refractivity contribution in [1.82, 2.24) is 10.6 Å². The van der Waals surface area contributed by atoms with Crippen LogP contribution in [0.25, 0.3) is 0 Å². The molecule has 98 valence electrons. The molecule has 0 aromatic carbocycles. The Balaban J connectivity index is 1.76. The van der Waals surface area contributed by atoms with Crippen LogP contribution in [0.5, 0.6) is 0 Å². The van der Waals surface area contributed by atoms with Gasteiger partial charge < -0.3 is 10.6 Å². The minimum atomic E-state index is 0.583. The summed E-state index contributed by atoms with van der Waals surface area (Å²) in [5, 5.41) is 7.92. The number of nitrogens with one attached hydrogen (secondary N) is 2. The quantitative estimate of drug-likeness (QED) is 0.740. The van der Waals surface area contributed by atoms with Crippen molar-refractivity contribution >= 4 is 17.3 Å². The van der Waals surface area contributed by atoms with Gasteiger partial charge in [-0.05, 0) is 43.3 Å². The van der Waals surface area contributed by atoms with E-state index in [1.165, 1.54) is 44.9 Å². The van der Waals surface area contributed by atoms with Crippen molar-refractivity contribution in [2.45, 2.75) is 70.9 Å². The summed E-state index contributed by atoms with van der Waals surface area (Å²) in [6.07, 6.45) is 9.29. The van der Waals surface area contributed by atoms with Crippen molar-refractivity contribution in [3.05, 3.63) is 0 Å². The van der Waals surface area contributed by atoms with E-state index in [2.05, 4.69) is 24.5 Å². The first-order valence-corrected chi connectivity index (χ1v) is 7.64. The van der Waals surface area contributed by atoms with E-state index in [0.717, 1.165) is 16.9 Å². The van der Waals surface area contributed by atoms with Gasteiger partial charge in [0.15, 0.2) is 5.11 Å². The summed E-state index contributed by atoms with van der Waals surface area (Å²) >= 11 is 5.44. The smallest absolute Gasteiger partial charge is 0.166 e. The number of hydrogen-bond acceptors (Lipinski definition) is 1. The zero-order valence-corrected chi connectivity index (χ0v) is 12.0. The molecule has 0 saturated heterocycles. The molecule has 0 aliphatic heterocycles. The van der Waals surface area contributed by atoms with Crippen molar-refractivity contribution in [2.75, 3.05) is 0 Å². The fourth-order valence-corrected chi connectivity index (χ4v) is 3.57. The second kappa shape index (κ2) is 6.03. The molecular formula is C14H26N2S. The molecule has 2 fully saturated rings. The Kier molecular flexibility index (Phi) is 4.66. The van der Waals surface area contributed by atoms with Gasteiger partial charge in [0, 0.05) is 12.1 Å². The third kappa shape index (κ3) is 3.57. The van der Waals surface area contributed by atoms with E-state index in [9.17, 15) is 0 Å². The van der Waals surface area contributed by atoms with E-state index >= 15 is 0 Å². The molecule has 2 aliphatic carbocycles. The van der Waals surface area contributed by atoms with Gasteiger partial charge in [-0.3, -0.25) is 0 Å². The fourth-order valence-electron chi connectivity index (χ4n) is 3.25. The van der Waals surface area contributed by atoms with Gasteiger partial charge in [-0.2, -0.15) is 0 Å². The lowest BCUT2D eigenvalue weighted by Crippen LogP contribution is -2.49. The minimum Gasteiger partial charge on any atom is -0.360 e. The maximum absolute atomic E-state index is 5.44. The van der Waals surface area contributed by atoms with Crippen molar-refractivity contribution in [3.63, 3.8) is 0 Å². The second-order valence-electron chi connectivity index (χ2n) is 5.97. The molecule has 2 aliphatic rings. The van der Waals surface area contributed by atoms with Gasteiger partial charge >= 0.3 is 0 Å². The highest BCUT2D eigenvalue weighted by Gasteiger charge is 2.27. The molecule has 0 radical (unpaired) electrons. The monoisotopic (exact) mass is 254 g/mol. The molecule has 0 spiro atoms. The van der Waals surface area contributed by atoms with Crippen LogP contribution in [0.15, 0.2) is 0 Å². The molecule has 0 aromatic heterocycles. The van der Waals surface area contributed by atoms with E-state index in [1.54, 1.807) is 0 Å². The van der Waals surface area contributed by atoms with Gasteiger partial charge in [-0.15, -0.1) is 0 Å². The van der Waals surface area contributed by atoms with Crippen LogP contribution in [-0.4, -0.2) is 17.2 Å². The van der Waals surface area contributed by atoms with Crippen molar-refractivity contribution in [1.29, 1.82) is 0 Å². The lowest BCUT2D eigenvalue weighted by molar-refractivity contribution is 0.224. The van der Waals surface area contributed by atoms with Gasteiger partial charge in [-0.25, -0.2) is 0 Å². The van der Waals surface area contributed by atoms with E-state index in [1.807, 2.05) is 0 Å². The van der Waals surface area contributed by atoms with E-state index in [0.29, 0.717) is 12.1 Å². The molecule has 17 heavy (non-hydrogen) atoms. The highest BCUT2D eigenvalue weighted by atomic mass is 32.1. The first-order valence-electron chi connectivity index (χ1n) is 7.24. The zero-order valence-electron chi connectivity index (χ0n) is 11.2. The Morgan fingerprint density at radius 2 is 1.65 bits per heavy atom. The van der Waals surface area contributed by atoms with Gasteiger partial charge in [0.25, 0.3) is 0 Å². The van der Waals surface area contributed by atoms with Crippen LogP contribution in [0.1, 0.15) is 58.8 Å². The molecule has 0 bridgehead atoms. The van der Waals surface area contributed by atoms with Crippen LogP contribution >= 0.6 is 12.2 Å². The minimum absolute atomic E-state index is 0.583. The van der Waals surface area contributed by atoms with Crippen LogP contribution in [0.3, 0.4) is 0 Å². The van der Waals surface area contributed by atoms with E-state index in [-0.39, 0.29) is 0 Å². The Morgan fingerprint density at radius 1 is 0.941 bits per heavy atom. The predicted octanol–water partition coefficient (Wildman–Crippen LogP) is 3.22. The highest BCUT2D eigenvalue weighted by Crippen LogP contribution is 2.29. The third-order valence-electron chi connectivity index (χ3n) is 4.71. The van der Waals surface area contributed by atoms with E-state index in [4.69, 9.17) is 12.2 Å². The maximum Gasteiger partial charge on any atom is 0.166 e. The lowest BCUT2D eigenvalue weighted by atomic mass is 9.78. The molecule has 3 unspecified atom stereocenters. The molecular weight excluding hydrogens is 228 g/mol. The average Bonchev–Trinajstić information content (AvgIpc) is 2.77. The second-order valence-corrected chi connectivity index (χ2v) is 6.38. The lowest BCUT2D eigenvalue weighted by Gasteiger charge is -2.35. The average molecular weight is 254 g/mol. The Labute approximate surface area is 111 Å². The van der Waals surface area contributed by atoms with Crippen molar-refractivity contribution in [2.24, 2.45) is 11.8 Å².